The summed E-state index contributed by atoms with van der Waals surface area (Å²) >= 11 is 0. The molecule has 3 rings (SSSR count). The van der Waals surface area contributed by atoms with E-state index in [0.717, 1.165) is 30.2 Å². The third-order valence-electron chi connectivity index (χ3n) is 6.63. The molecular weight excluding hydrogens is 568 g/mol. The Morgan fingerprint density at radius 1 is 0.950 bits per heavy atom. The Hall–Kier alpha value is -3.62. The molecule has 0 saturated heterocycles. The number of anilines is 1. The minimum atomic E-state index is -5.77. The predicted octanol–water partition coefficient (Wildman–Crippen LogP) is 4.02. The molecule has 2 N–H and O–H groups in total. The van der Waals surface area contributed by atoms with Crippen molar-refractivity contribution < 1.29 is 49.1 Å². The van der Waals surface area contributed by atoms with Gasteiger partial charge in [0.15, 0.2) is 15.3 Å². The molecule has 0 bridgehead atoms. The molecule has 0 spiro atoms. The summed E-state index contributed by atoms with van der Waals surface area (Å²) in [6.45, 7) is 1.17. The largest absolute Gasteiger partial charge is 0.407 e. The van der Waals surface area contributed by atoms with Crippen LogP contribution in [0.3, 0.4) is 0 Å². The first-order valence-corrected chi connectivity index (χ1v) is 13.6. The van der Waals surface area contributed by atoms with Crippen LogP contribution in [0.5, 0.6) is 0 Å². The molecule has 3 amide bonds. The average molecular weight is 594 g/mol. The molecule has 0 aromatic heterocycles. The van der Waals surface area contributed by atoms with Gasteiger partial charge in [0.2, 0.25) is 11.8 Å². The second-order valence-electron chi connectivity index (χ2n) is 9.38. The molecule has 2 aromatic carbocycles. The summed E-state index contributed by atoms with van der Waals surface area (Å²) in [5.74, 6) is -2.12. The number of hydrogen-bond donors (Lipinski definition) is 2. The summed E-state index contributed by atoms with van der Waals surface area (Å²) < 4.78 is 108. The fourth-order valence-electron chi connectivity index (χ4n) is 4.63. The van der Waals surface area contributed by atoms with Gasteiger partial charge in [0.25, 0.3) is 5.91 Å². The van der Waals surface area contributed by atoms with Gasteiger partial charge in [-0.1, -0.05) is 18.2 Å². The molecule has 1 atom stereocenters. The van der Waals surface area contributed by atoms with Gasteiger partial charge in [0, 0.05) is 38.9 Å². The van der Waals surface area contributed by atoms with Crippen LogP contribution in [0.2, 0.25) is 0 Å². The number of alkyl halides is 6. The van der Waals surface area contributed by atoms with Crippen molar-refractivity contribution in [2.24, 2.45) is 0 Å². The summed E-state index contributed by atoms with van der Waals surface area (Å²) in [5, 5.41) is 4.35. The number of carbonyl (C=O) groups is 3. The summed E-state index contributed by atoms with van der Waals surface area (Å²) in [7, 11) is -3.58. The molecular formula is C25H25F6N3O5S. The standard InChI is InChI=1S/C25H25F6N3O5S/c1-14(35)32-11-10-23(24(26,27)28,25(29,30)31)17-4-6-18(7-5-17)33-22(37)21-20-9-8-19(40(3,38)39)12-16(20)13-34(21)15(2)36/h4-9,12,21H,10-11,13H2,1-3H3,(H,32,35)(H,33,37). The van der Waals surface area contributed by atoms with Gasteiger partial charge in [0.05, 0.1) is 4.90 Å². The van der Waals surface area contributed by atoms with Crippen LogP contribution in [0, 0.1) is 0 Å². The highest BCUT2D eigenvalue weighted by molar-refractivity contribution is 7.90. The lowest BCUT2D eigenvalue weighted by molar-refractivity contribution is -0.305. The van der Waals surface area contributed by atoms with E-state index in [9.17, 15) is 49.1 Å². The Morgan fingerprint density at radius 3 is 2.00 bits per heavy atom. The van der Waals surface area contributed by atoms with Crippen molar-refractivity contribution in [2.75, 3.05) is 18.1 Å². The predicted molar refractivity (Wildman–Crippen MR) is 131 cm³/mol. The maximum absolute atomic E-state index is 14.0. The second-order valence-corrected chi connectivity index (χ2v) is 11.4. The van der Waals surface area contributed by atoms with Crippen LogP contribution < -0.4 is 10.6 Å². The molecule has 0 fully saturated rings. The van der Waals surface area contributed by atoms with Crippen LogP contribution in [0.15, 0.2) is 47.4 Å². The molecule has 15 heteroatoms. The zero-order chi connectivity index (χ0) is 30.3. The number of nitrogens with one attached hydrogen (secondary N) is 2. The molecule has 1 heterocycles. The van der Waals surface area contributed by atoms with Crippen LogP contribution in [-0.2, 0) is 36.2 Å². The van der Waals surface area contributed by atoms with Gasteiger partial charge in [0.1, 0.15) is 6.04 Å². The summed E-state index contributed by atoms with van der Waals surface area (Å²) in [6.07, 6.45) is -12.1. The van der Waals surface area contributed by atoms with Crippen molar-refractivity contribution in [2.45, 2.75) is 55.5 Å². The average Bonchev–Trinajstić information content (AvgIpc) is 3.19. The number of rotatable bonds is 7. The van der Waals surface area contributed by atoms with E-state index in [1.807, 2.05) is 5.32 Å². The maximum Gasteiger partial charge on any atom is 0.407 e. The molecule has 1 unspecified atom stereocenters. The number of nitrogens with zero attached hydrogens (tertiary/aromatic N) is 1. The van der Waals surface area contributed by atoms with Gasteiger partial charge in [-0.2, -0.15) is 26.3 Å². The molecule has 0 aliphatic carbocycles. The summed E-state index contributed by atoms with van der Waals surface area (Å²) in [6, 6.07) is 5.68. The van der Waals surface area contributed by atoms with Crippen LogP contribution in [-0.4, -0.2) is 56.2 Å². The Kier molecular flexibility index (Phi) is 8.31. The normalized spacial score (nSPS) is 15.9. The zero-order valence-corrected chi connectivity index (χ0v) is 22.2. The van der Waals surface area contributed by atoms with E-state index in [-0.39, 0.29) is 17.1 Å². The lowest BCUT2D eigenvalue weighted by Gasteiger charge is -2.38. The number of carbonyl (C=O) groups excluding carboxylic acids is 3. The molecule has 218 valence electrons. The number of fused-ring (bicyclic) bond motifs is 1. The van der Waals surface area contributed by atoms with E-state index in [1.165, 1.54) is 25.1 Å². The summed E-state index contributed by atoms with van der Waals surface area (Å²) in [5.41, 5.74) is -4.85. The highest BCUT2D eigenvalue weighted by Gasteiger charge is 2.71. The van der Waals surface area contributed by atoms with E-state index in [1.54, 1.807) is 0 Å². The van der Waals surface area contributed by atoms with Crippen molar-refractivity contribution in [3.8, 4) is 0 Å². The van der Waals surface area contributed by atoms with Crippen molar-refractivity contribution in [1.29, 1.82) is 0 Å². The maximum atomic E-state index is 14.0. The fourth-order valence-corrected chi connectivity index (χ4v) is 5.30. The molecule has 2 aromatic rings. The smallest absolute Gasteiger partial charge is 0.356 e. The van der Waals surface area contributed by atoms with Gasteiger partial charge in [-0.05, 0) is 47.4 Å². The van der Waals surface area contributed by atoms with Crippen molar-refractivity contribution in [1.82, 2.24) is 10.2 Å². The highest BCUT2D eigenvalue weighted by Crippen LogP contribution is 2.54. The van der Waals surface area contributed by atoms with Gasteiger partial charge in [-0.15, -0.1) is 0 Å². The number of halogens is 6. The quantitative estimate of drug-likeness (QED) is 0.471. The first-order chi connectivity index (χ1) is 18.3. The van der Waals surface area contributed by atoms with Crippen molar-refractivity contribution >= 4 is 33.2 Å². The second kappa shape index (κ2) is 10.7. The SMILES string of the molecule is CC(=O)NCCC(c1ccc(NC(=O)C2c3ccc(S(C)(=O)=O)cc3CN2C(C)=O)cc1)(C(F)(F)F)C(F)(F)F. The third kappa shape index (κ3) is 5.93. The Morgan fingerprint density at radius 2 is 1.52 bits per heavy atom. The molecule has 40 heavy (non-hydrogen) atoms. The van der Waals surface area contributed by atoms with E-state index in [0.29, 0.717) is 23.3 Å². The van der Waals surface area contributed by atoms with Crippen molar-refractivity contribution in [3.05, 3.63) is 59.2 Å². The third-order valence-corrected chi connectivity index (χ3v) is 7.74. The minimum Gasteiger partial charge on any atom is -0.356 e. The monoisotopic (exact) mass is 593 g/mol. The van der Waals surface area contributed by atoms with E-state index < -0.39 is 69.9 Å². The minimum absolute atomic E-state index is 0.0253. The number of amides is 3. The lowest BCUT2D eigenvalue weighted by Crippen LogP contribution is -2.55. The van der Waals surface area contributed by atoms with Gasteiger partial charge in [-0.25, -0.2) is 8.42 Å². The molecule has 8 nitrogen and oxygen atoms in total. The zero-order valence-electron chi connectivity index (χ0n) is 21.4. The molecule has 1 aliphatic rings. The van der Waals surface area contributed by atoms with Gasteiger partial charge >= 0.3 is 12.4 Å². The Balaban J connectivity index is 1.94. The van der Waals surface area contributed by atoms with E-state index >= 15 is 0 Å². The highest BCUT2D eigenvalue weighted by atomic mass is 32.2. The fraction of sp³-hybridized carbons (Fsp3) is 0.400. The number of sulfone groups is 1. The Bertz CT molecular complexity index is 1410. The first-order valence-electron chi connectivity index (χ1n) is 11.7. The van der Waals surface area contributed by atoms with Crippen LogP contribution >= 0.6 is 0 Å². The van der Waals surface area contributed by atoms with Crippen LogP contribution in [0.25, 0.3) is 0 Å². The lowest BCUT2D eigenvalue weighted by atomic mass is 9.75. The van der Waals surface area contributed by atoms with E-state index in [4.69, 9.17) is 0 Å². The number of hydrogen-bond acceptors (Lipinski definition) is 5. The summed E-state index contributed by atoms with van der Waals surface area (Å²) in [4.78, 5) is 37.6. The van der Waals surface area contributed by atoms with Gasteiger partial charge < -0.3 is 15.5 Å². The molecule has 0 saturated carbocycles. The van der Waals surface area contributed by atoms with Crippen molar-refractivity contribution in [3.63, 3.8) is 0 Å². The molecule has 1 aliphatic heterocycles. The first kappa shape index (κ1) is 30.9. The van der Waals surface area contributed by atoms with E-state index in [2.05, 4.69) is 5.32 Å². The van der Waals surface area contributed by atoms with Crippen LogP contribution in [0.1, 0.15) is 43.0 Å². The topological polar surface area (TPSA) is 113 Å². The molecule has 0 radical (unpaired) electrons. The Labute approximate surface area is 225 Å². The van der Waals surface area contributed by atoms with Gasteiger partial charge in [-0.3, -0.25) is 14.4 Å². The number of benzene rings is 2. The van der Waals surface area contributed by atoms with Crippen LogP contribution in [0.4, 0.5) is 32.0 Å².